The van der Waals surface area contributed by atoms with Crippen molar-refractivity contribution in [2.45, 2.75) is 17.9 Å². The lowest BCUT2D eigenvalue weighted by atomic mass is 10.2. The van der Waals surface area contributed by atoms with E-state index < -0.39 is 0 Å². The molecule has 0 aliphatic carbocycles. The SMILES string of the molecule is CN1CCN(c2ncccc2CNC(=O)CCSc2ccccc2Br)CC1. The molecule has 0 unspecified atom stereocenters. The summed E-state index contributed by atoms with van der Waals surface area (Å²) in [5, 5.41) is 3.05. The Bertz CT molecular complexity index is 765. The number of pyridine rings is 1. The van der Waals surface area contributed by atoms with Gasteiger partial charge in [-0.2, -0.15) is 0 Å². The van der Waals surface area contributed by atoms with Gasteiger partial charge in [-0.25, -0.2) is 4.98 Å². The summed E-state index contributed by atoms with van der Waals surface area (Å²) in [6.07, 6.45) is 2.32. The van der Waals surface area contributed by atoms with E-state index in [1.54, 1.807) is 11.8 Å². The monoisotopic (exact) mass is 448 g/mol. The van der Waals surface area contributed by atoms with Crippen LogP contribution in [0.1, 0.15) is 12.0 Å². The zero-order valence-electron chi connectivity index (χ0n) is 15.5. The number of aromatic nitrogens is 1. The number of benzene rings is 1. The molecule has 1 fully saturated rings. The molecule has 7 heteroatoms. The number of likely N-dealkylation sites (N-methyl/N-ethyl adjacent to an activating group) is 1. The van der Waals surface area contributed by atoms with Gasteiger partial charge in [-0.3, -0.25) is 4.79 Å². The Balaban J connectivity index is 1.48. The van der Waals surface area contributed by atoms with E-state index in [1.807, 2.05) is 30.5 Å². The van der Waals surface area contributed by atoms with E-state index >= 15 is 0 Å². The first kappa shape index (κ1) is 20.2. The van der Waals surface area contributed by atoms with E-state index in [0.717, 1.165) is 52.7 Å². The average Bonchev–Trinajstić information content (AvgIpc) is 2.69. The summed E-state index contributed by atoms with van der Waals surface area (Å²) >= 11 is 5.23. The summed E-state index contributed by atoms with van der Waals surface area (Å²) in [7, 11) is 2.14. The Hall–Kier alpha value is -1.57. The lowest BCUT2D eigenvalue weighted by molar-refractivity contribution is -0.120. The summed E-state index contributed by atoms with van der Waals surface area (Å²) < 4.78 is 1.07. The number of rotatable bonds is 7. The molecule has 1 aromatic carbocycles. The first-order valence-corrected chi connectivity index (χ1v) is 10.9. The van der Waals surface area contributed by atoms with E-state index in [4.69, 9.17) is 0 Å². The summed E-state index contributed by atoms with van der Waals surface area (Å²) in [6, 6.07) is 12.1. The number of halogens is 1. The number of nitrogens with zero attached hydrogens (tertiary/aromatic N) is 3. The lowest BCUT2D eigenvalue weighted by Crippen LogP contribution is -2.45. The highest BCUT2D eigenvalue weighted by Crippen LogP contribution is 2.27. The number of carbonyl (C=O) groups is 1. The van der Waals surface area contributed by atoms with Gasteiger partial charge in [-0.05, 0) is 41.2 Å². The molecule has 1 amide bonds. The van der Waals surface area contributed by atoms with Crippen molar-refractivity contribution >= 4 is 39.4 Å². The highest BCUT2D eigenvalue weighted by Gasteiger charge is 2.18. The summed E-state index contributed by atoms with van der Waals surface area (Å²) in [6.45, 7) is 4.53. The second-order valence-corrected chi connectivity index (χ2v) is 8.57. The molecule has 1 aliphatic heterocycles. The number of hydrogen-bond acceptors (Lipinski definition) is 5. The van der Waals surface area contributed by atoms with E-state index in [-0.39, 0.29) is 5.91 Å². The van der Waals surface area contributed by atoms with Crippen molar-refractivity contribution in [3.05, 3.63) is 52.6 Å². The number of anilines is 1. The van der Waals surface area contributed by atoms with Crippen molar-refractivity contribution in [2.24, 2.45) is 0 Å². The second kappa shape index (κ2) is 10.1. The van der Waals surface area contributed by atoms with E-state index in [9.17, 15) is 4.79 Å². The maximum absolute atomic E-state index is 12.2. The third-order valence-electron chi connectivity index (χ3n) is 4.57. The van der Waals surface area contributed by atoms with Crippen LogP contribution >= 0.6 is 27.7 Å². The molecule has 1 N–H and O–H groups in total. The standard InChI is InChI=1S/C20H25BrN4OS/c1-24-10-12-25(13-11-24)20-16(5-4-9-22-20)15-23-19(26)8-14-27-18-7-3-2-6-17(18)21/h2-7,9H,8,10-15H2,1H3,(H,23,26). The van der Waals surface area contributed by atoms with Crippen LogP contribution in [0.25, 0.3) is 0 Å². The molecule has 2 aromatic rings. The number of thioether (sulfide) groups is 1. The molecule has 144 valence electrons. The van der Waals surface area contributed by atoms with Crippen molar-refractivity contribution < 1.29 is 4.79 Å². The topological polar surface area (TPSA) is 48.5 Å². The number of carbonyl (C=O) groups excluding carboxylic acids is 1. The van der Waals surface area contributed by atoms with E-state index in [1.165, 1.54) is 0 Å². The van der Waals surface area contributed by atoms with Crippen LogP contribution in [0.15, 0.2) is 52.0 Å². The molecular weight excluding hydrogens is 424 g/mol. The van der Waals surface area contributed by atoms with Crippen LogP contribution in [-0.4, -0.2) is 54.8 Å². The normalized spacial score (nSPS) is 15.0. The zero-order valence-corrected chi connectivity index (χ0v) is 17.9. The highest BCUT2D eigenvalue weighted by atomic mass is 79.9. The molecule has 0 bridgehead atoms. The zero-order chi connectivity index (χ0) is 19.1. The third kappa shape index (κ3) is 5.96. The van der Waals surface area contributed by atoms with Crippen molar-refractivity contribution in [1.82, 2.24) is 15.2 Å². The molecule has 1 aromatic heterocycles. The fourth-order valence-corrected chi connectivity index (χ4v) is 4.49. The predicted molar refractivity (Wildman–Crippen MR) is 115 cm³/mol. The largest absolute Gasteiger partial charge is 0.354 e. The molecule has 0 spiro atoms. The van der Waals surface area contributed by atoms with Crippen molar-refractivity contribution in [3.63, 3.8) is 0 Å². The van der Waals surface area contributed by atoms with Gasteiger partial charge in [-0.15, -0.1) is 11.8 Å². The Morgan fingerprint density at radius 1 is 1.19 bits per heavy atom. The Morgan fingerprint density at radius 3 is 2.74 bits per heavy atom. The van der Waals surface area contributed by atoms with E-state index in [2.05, 4.69) is 55.2 Å². The quantitative estimate of drug-likeness (QED) is 0.657. The second-order valence-electron chi connectivity index (χ2n) is 6.58. The average molecular weight is 449 g/mol. The van der Waals surface area contributed by atoms with Crippen LogP contribution < -0.4 is 10.2 Å². The number of nitrogens with one attached hydrogen (secondary N) is 1. The van der Waals surface area contributed by atoms with Gasteiger partial charge in [0.1, 0.15) is 5.82 Å². The Morgan fingerprint density at radius 2 is 1.96 bits per heavy atom. The van der Waals surface area contributed by atoms with Crippen LogP contribution in [0, 0.1) is 0 Å². The molecular formula is C20H25BrN4OS. The minimum Gasteiger partial charge on any atom is -0.354 e. The van der Waals surface area contributed by atoms with Crippen molar-refractivity contribution in [1.29, 1.82) is 0 Å². The Kier molecular flexibility index (Phi) is 7.55. The lowest BCUT2D eigenvalue weighted by Gasteiger charge is -2.34. The van der Waals surface area contributed by atoms with Gasteiger partial charge < -0.3 is 15.1 Å². The molecule has 0 atom stereocenters. The molecule has 3 rings (SSSR count). The Labute approximate surface area is 173 Å². The first-order valence-electron chi connectivity index (χ1n) is 9.15. The fourth-order valence-electron chi connectivity index (χ4n) is 2.97. The summed E-state index contributed by atoms with van der Waals surface area (Å²) in [5.41, 5.74) is 1.08. The fraction of sp³-hybridized carbons (Fsp3) is 0.400. The van der Waals surface area contributed by atoms with Crippen LogP contribution in [0.3, 0.4) is 0 Å². The number of hydrogen-bond donors (Lipinski definition) is 1. The molecule has 1 saturated heterocycles. The van der Waals surface area contributed by atoms with Gasteiger partial charge in [0.15, 0.2) is 0 Å². The predicted octanol–water partition coefficient (Wildman–Crippen LogP) is 3.39. The molecule has 1 aliphatic rings. The smallest absolute Gasteiger partial charge is 0.221 e. The molecule has 0 saturated carbocycles. The maximum atomic E-state index is 12.2. The van der Waals surface area contributed by atoms with Gasteiger partial charge in [0, 0.05) is 66.0 Å². The maximum Gasteiger partial charge on any atom is 0.221 e. The van der Waals surface area contributed by atoms with Crippen molar-refractivity contribution in [2.75, 3.05) is 43.9 Å². The van der Waals surface area contributed by atoms with Crippen LogP contribution in [0.5, 0.6) is 0 Å². The first-order chi connectivity index (χ1) is 13.1. The van der Waals surface area contributed by atoms with Crippen LogP contribution in [0.4, 0.5) is 5.82 Å². The summed E-state index contributed by atoms with van der Waals surface area (Å²) in [5.74, 6) is 1.82. The molecule has 2 heterocycles. The molecule has 27 heavy (non-hydrogen) atoms. The number of piperazine rings is 1. The van der Waals surface area contributed by atoms with Crippen LogP contribution in [-0.2, 0) is 11.3 Å². The summed E-state index contributed by atoms with van der Waals surface area (Å²) in [4.78, 5) is 22.6. The molecule has 5 nitrogen and oxygen atoms in total. The van der Waals surface area contributed by atoms with Gasteiger partial charge in [0.25, 0.3) is 0 Å². The van der Waals surface area contributed by atoms with Crippen molar-refractivity contribution in [3.8, 4) is 0 Å². The van der Waals surface area contributed by atoms with Gasteiger partial charge >= 0.3 is 0 Å². The van der Waals surface area contributed by atoms with Gasteiger partial charge in [-0.1, -0.05) is 18.2 Å². The molecule has 0 radical (unpaired) electrons. The third-order valence-corrected chi connectivity index (χ3v) is 6.60. The minimum atomic E-state index is 0.0720. The highest BCUT2D eigenvalue weighted by molar-refractivity contribution is 9.10. The van der Waals surface area contributed by atoms with Crippen LogP contribution in [0.2, 0.25) is 0 Å². The van der Waals surface area contributed by atoms with Gasteiger partial charge in [0.2, 0.25) is 5.91 Å². The minimum absolute atomic E-state index is 0.0720. The van der Waals surface area contributed by atoms with E-state index in [0.29, 0.717) is 13.0 Å². The number of amides is 1. The van der Waals surface area contributed by atoms with Gasteiger partial charge in [0.05, 0.1) is 0 Å².